The summed E-state index contributed by atoms with van der Waals surface area (Å²) in [5.41, 5.74) is 0.300. The molecule has 2 aliphatic heterocycles. The molecule has 1 nitrogen and oxygen atoms in total. The molecular formula is C10H16O. The molecule has 2 saturated heterocycles. The summed E-state index contributed by atoms with van der Waals surface area (Å²) in [6.45, 7) is 2.32. The highest BCUT2D eigenvalue weighted by Gasteiger charge is 2.49. The summed E-state index contributed by atoms with van der Waals surface area (Å²) >= 11 is 0. The maximum Gasteiger partial charge on any atom is 0.0663 e. The van der Waals surface area contributed by atoms with Gasteiger partial charge in [0, 0.05) is 0 Å². The van der Waals surface area contributed by atoms with Crippen molar-refractivity contribution in [1.29, 1.82) is 0 Å². The maximum absolute atomic E-state index is 6.01. The molecule has 11 heavy (non-hydrogen) atoms. The fraction of sp³-hybridized carbons (Fsp3) is 1.00. The molecule has 0 aromatic carbocycles. The van der Waals surface area contributed by atoms with Crippen LogP contribution in [0.5, 0.6) is 0 Å². The van der Waals surface area contributed by atoms with E-state index in [0.717, 1.165) is 11.8 Å². The normalized spacial score (nSPS) is 60.3. The summed E-state index contributed by atoms with van der Waals surface area (Å²) in [5.74, 6) is 2.04. The molecule has 4 fully saturated rings. The van der Waals surface area contributed by atoms with Crippen molar-refractivity contribution < 1.29 is 4.74 Å². The van der Waals surface area contributed by atoms with Gasteiger partial charge >= 0.3 is 0 Å². The lowest BCUT2D eigenvalue weighted by molar-refractivity contribution is -0.210. The first-order valence-corrected chi connectivity index (χ1v) is 4.91. The van der Waals surface area contributed by atoms with E-state index >= 15 is 0 Å². The molecule has 2 atom stereocenters. The summed E-state index contributed by atoms with van der Waals surface area (Å²) in [6, 6.07) is 0. The zero-order valence-corrected chi connectivity index (χ0v) is 7.18. The van der Waals surface area contributed by atoms with Crippen molar-refractivity contribution in [2.24, 2.45) is 11.8 Å². The van der Waals surface area contributed by atoms with Crippen LogP contribution in [0.3, 0.4) is 0 Å². The highest BCUT2D eigenvalue weighted by Crippen LogP contribution is 2.52. The Morgan fingerprint density at radius 2 is 1.73 bits per heavy atom. The van der Waals surface area contributed by atoms with E-state index in [4.69, 9.17) is 4.74 Å². The molecule has 2 heterocycles. The molecule has 0 N–H and O–H groups in total. The maximum atomic E-state index is 6.01. The van der Waals surface area contributed by atoms with Crippen molar-refractivity contribution in [3.8, 4) is 0 Å². The predicted octanol–water partition coefficient (Wildman–Crippen LogP) is 2.35. The van der Waals surface area contributed by atoms with Crippen molar-refractivity contribution in [2.45, 2.75) is 50.7 Å². The second-order valence-corrected chi connectivity index (χ2v) is 5.04. The molecule has 0 aromatic heterocycles. The van der Waals surface area contributed by atoms with Crippen LogP contribution in [0.2, 0.25) is 0 Å². The van der Waals surface area contributed by atoms with Crippen molar-refractivity contribution in [1.82, 2.24) is 0 Å². The highest BCUT2D eigenvalue weighted by atomic mass is 16.5. The molecule has 2 unspecified atom stereocenters. The van der Waals surface area contributed by atoms with E-state index in [1.54, 1.807) is 0 Å². The van der Waals surface area contributed by atoms with Gasteiger partial charge in [-0.1, -0.05) is 0 Å². The van der Waals surface area contributed by atoms with E-state index in [-0.39, 0.29) is 0 Å². The van der Waals surface area contributed by atoms with Crippen LogP contribution in [-0.4, -0.2) is 11.7 Å². The molecule has 0 spiro atoms. The van der Waals surface area contributed by atoms with Gasteiger partial charge in [0.25, 0.3) is 0 Å². The number of rotatable bonds is 0. The average Bonchev–Trinajstić information content (AvgIpc) is 1.79. The summed E-state index contributed by atoms with van der Waals surface area (Å²) in [6.07, 6.45) is 7.58. The fourth-order valence-corrected chi connectivity index (χ4v) is 3.74. The van der Waals surface area contributed by atoms with E-state index < -0.39 is 0 Å². The minimum atomic E-state index is 0.300. The van der Waals surface area contributed by atoms with Gasteiger partial charge in [-0.25, -0.2) is 0 Å². The van der Waals surface area contributed by atoms with Gasteiger partial charge < -0.3 is 4.74 Å². The molecule has 4 aliphatic rings. The third-order valence-electron chi connectivity index (χ3n) is 3.75. The highest BCUT2D eigenvalue weighted by molar-refractivity contribution is 4.99. The van der Waals surface area contributed by atoms with Gasteiger partial charge in [-0.15, -0.1) is 0 Å². The van der Waals surface area contributed by atoms with E-state index in [1.165, 1.54) is 32.1 Å². The fourth-order valence-electron chi connectivity index (χ4n) is 3.74. The Morgan fingerprint density at radius 1 is 1.09 bits per heavy atom. The Balaban J connectivity index is 1.94. The second kappa shape index (κ2) is 1.82. The molecule has 0 aromatic rings. The Labute approximate surface area is 68.1 Å². The van der Waals surface area contributed by atoms with Gasteiger partial charge in [0.05, 0.1) is 11.7 Å². The molecule has 1 heteroatoms. The summed E-state index contributed by atoms with van der Waals surface area (Å²) in [7, 11) is 0. The van der Waals surface area contributed by atoms with Gasteiger partial charge in [0.2, 0.25) is 0 Å². The van der Waals surface area contributed by atoms with E-state index in [9.17, 15) is 0 Å². The molecule has 2 aliphatic carbocycles. The lowest BCUT2D eigenvalue weighted by Gasteiger charge is -2.55. The summed E-state index contributed by atoms with van der Waals surface area (Å²) in [5, 5.41) is 0. The van der Waals surface area contributed by atoms with E-state index in [0.29, 0.717) is 11.7 Å². The minimum absolute atomic E-state index is 0.300. The van der Waals surface area contributed by atoms with Crippen LogP contribution < -0.4 is 0 Å². The Hall–Kier alpha value is -0.0400. The van der Waals surface area contributed by atoms with Gasteiger partial charge in [-0.05, 0) is 50.9 Å². The Bertz CT molecular complexity index is 150. The predicted molar refractivity (Wildman–Crippen MR) is 43.3 cm³/mol. The van der Waals surface area contributed by atoms with Crippen LogP contribution in [0.1, 0.15) is 39.0 Å². The molecule has 0 radical (unpaired) electrons. The van der Waals surface area contributed by atoms with E-state index in [1.807, 2.05) is 0 Å². The van der Waals surface area contributed by atoms with Crippen LogP contribution in [-0.2, 0) is 4.74 Å². The number of hydrogen-bond donors (Lipinski definition) is 0. The van der Waals surface area contributed by atoms with Gasteiger partial charge in [0.1, 0.15) is 0 Å². The van der Waals surface area contributed by atoms with Crippen LogP contribution in [0, 0.1) is 11.8 Å². The lowest BCUT2D eigenvalue weighted by atomic mass is 9.63. The second-order valence-electron chi connectivity index (χ2n) is 5.04. The SMILES string of the molecule is CC12CC3CC(CC(C3)O1)C2. The molecule has 2 saturated carbocycles. The first-order valence-electron chi connectivity index (χ1n) is 4.91. The molecule has 4 bridgehead atoms. The largest absolute Gasteiger partial charge is 0.372 e. The average molecular weight is 152 g/mol. The quantitative estimate of drug-likeness (QED) is 0.517. The first-order chi connectivity index (χ1) is 5.23. The van der Waals surface area contributed by atoms with Crippen LogP contribution in [0.25, 0.3) is 0 Å². The van der Waals surface area contributed by atoms with Crippen molar-refractivity contribution >= 4 is 0 Å². The molecule has 0 amide bonds. The monoisotopic (exact) mass is 152 g/mol. The Morgan fingerprint density at radius 3 is 2.18 bits per heavy atom. The third-order valence-corrected chi connectivity index (χ3v) is 3.75. The first kappa shape index (κ1) is 6.47. The zero-order valence-electron chi connectivity index (χ0n) is 7.18. The lowest BCUT2D eigenvalue weighted by Crippen LogP contribution is -2.52. The number of ether oxygens (including phenoxy) is 1. The van der Waals surface area contributed by atoms with Gasteiger partial charge in [-0.3, -0.25) is 0 Å². The smallest absolute Gasteiger partial charge is 0.0663 e. The molecular weight excluding hydrogens is 136 g/mol. The van der Waals surface area contributed by atoms with Crippen LogP contribution in [0.4, 0.5) is 0 Å². The topological polar surface area (TPSA) is 9.23 Å². The standard InChI is InChI=1S/C10H16O/c1-10-5-7-2-8(6-10)4-9(3-7)11-10/h7-9H,2-6H2,1H3. The molecule has 62 valence electrons. The van der Waals surface area contributed by atoms with Gasteiger partial charge in [-0.2, -0.15) is 0 Å². The molecule has 4 rings (SSSR count). The number of hydrogen-bond acceptors (Lipinski definition) is 1. The van der Waals surface area contributed by atoms with Crippen molar-refractivity contribution in [2.75, 3.05) is 0 Å². The summed E-state index contributed by atoms with van der Waals surface area (Å²) in [4.78, 5) is 0. The Kier molecular flexibility index (Phi) is 1.07. The van der Waals surface area contributed by atoms with Crippen molar-refractivity contribution in [3.05, 3.63) is 0 Å². The van der Waals surface area contributed by atoms with Gasteiger partial charge in [0.15, 0.2) is 0 Å². The van der Waals surface area contributed by atoms with Crippen LogP contribution in [0.15, 0.2) is 0 Å². The van der Waals surface area contributed by atoms with Crippen molar-refractivity contribution in [3.63, 3.8) is 0 Å². The minimum Gasteiger partial charge on any atom is -0.372 e. The van der Waals surface area contributed by atoms with Crippen LogP contribution >= 0.6 is 0 Å². The zero-order chi connectivity index (χ0) is 7.47. The third kappa shape index (κ3) is 0.868. The summed E-state index contributed by atoms with van der Waals surface area (Å²) < 4.78 is 6.01. The van der Waals surface area contributed by atoms with E-state index in [2.05, 4.69) is 6.92 Å².